The smallest absolute Gasteiger partial charge is 0.0431 e. The van der Waals surface area contributed by atoms with E-state index in [9.17, 15) is 0 Å². The summed E-state index contributed by atoms with van der Waals surface area (Å²) in [6.45, 7) is 2.15. The molecule has 1 heteroatoms. The van der Waals surface area contributed by atoms with Crippen LogP contribution in [0.3, 0.4) is 0 Å². The zero-order valence-corrected chi connectivity index (χ0v) is 8.40. The van der Waals surface area contributed by atoms with Crippen LogP contribution in [0, 0.1) is 23.7 Å². The number of hydrogen-bond donors (Lipinski definition) is 1. The highest BCUT2D eigenvalue weighted by Gasteiger charge is 1.82. The molecule has 0 atom stereocenters. The molecule has 0 aromatic heterocycles. The molecule has 0 aromatic carbocycles. The van der Waals surface area contributed by atoms with Gasteiger partial charge in [0.05, 0.1) is 0 Å². The molecule has 0 aliphatic carbocycles. The first-order valence-corrected chi connectivity index (χ1v) is 4.88. The molecule has 13 heavy (non-hydrogen) atoms. The van der Waals surface area contributed by atoms with Gasteiger partial charge in [0, 0.05) is 25.9 Å². The summed E-state index contributed by atoms with van der Waals surface area (Å²) in [5, 5.41) is 8.50. The van der Waals surface area contributed by atoms with E-state index < -0.39 is 0 Å². The van der Waals surface area contributed by atoms with E-state index in [1.807, 2.05) is 6.92 Å². The van der Waals surface area contributed by atoms with Crippen molar-refractivity contribution in [1.82, 2.24) is 0 Å². The van der Waals surface area contributed by atoms with Crippen LogP contribution in [0.4, 0.5) is 0 Å². The van der Waals surface area contributed by atoms with Gasteiger partial charge in [-0.05, 0) is 26.2 Å². The SMILES string of the molecule is CC#CCCCC#CCCCCO. The van der Waals surface area contributed by atoms with E-state index >= 15 is 0 Å². The highest BCUT2D eigenvalue weighted by molar-refractivity contribution is 5.00. The van der Waals surface area contributed by atoms with Crippen molar-refractivity contribution in [2.45, 2.75) is 45.4 Å². The largest absolute Gasteiger partial charge is 0.396 e. The van der Waals surface area contributed by atoms with Crippen molar-refractivity contribution >= 4 is 0 Å². The summed E-state index contributed by atoms with van der Waals surface area (Å²) in [6, 6.07) is 0. The van der Waals surface area contributed by atoms with Gasteiger partial charge in [0.2, 0.25) is 0 Å². The minimum Gasteiger partial charge on any atom is -0.396 e. The Bertz CT molecular complexity index is 209. The number of rotatable bonds is 5. The van der Waals surface area contributed by atoms with Crippen LogP contribution in [0.15, 0.2) is 0 Å². The second-order valence-electron chi connectivity index (χ2n) is 2.81. The van der Waals surface area contributed by atoms with Crippen LogP contribution in [-0.2, 0) is 0 Å². The fourth-order valence-corrected chi connectivity index (χ4v) is 0.892. The standard InChI is InChI=1S/C12H18O/c1-2-3-4-5-6-7-8-9-10-11-12-13/h13H,4-6,9-12H2,1H3. The topological polar surface area (TPSA) is 20.2 Å². The number of unbranched alkanes of at least 4 members (excludes halogenated alkanes) is 4. The lowest BCUT2D eigenvalue weighted by molar-refractivity contribution is 0.285. The van der Waals surface area contributed by atoms with Gasteiger partial charge in [-0.25, -0.2) is 0 Å². The van der Waals surface area contributed by atoms with Gasteiger partial charge in [0.25, 0.3) is 0 Å². The number of hydrogen-bond acceptors (Lipinski definition) is 1. The molecule has 1 nitrogen and oxygen atoms in total. The number of aliphatic hydroxyl groups is 1. The highest BCUT2D eigenvalue weighted by Crippen LogP contribution is 1.94. The Morgan fingerprint density at radius 1 is 0.846 bits per heavy atom. The lowest BCUT2D eigenvalue weighted by Crippen LogP contribution is -1.80. The van der Waals surface area contributed by atoms with Crippen molar-refractivity contribution < 1.29 is 5.11 Å². The third kappa shape index (κ3) is 11.1. The Balaban J connectivity index is 3.13. The molecule has 0 rings (SSSR count). The summed E-state index contributed by atoms with van der Waals surface area (Å²) < 4.78 is 0. The predicted molar refractivity (Wildman–Crippen MR) is 56.0 cm³/mol. The Morgan fingerprint density at radius 3 is 2.08 bits per heavy atom. The zero-order valence-electron chi connectivity index (χ0n) is 8.40. The maximum atomic E-state index is 8.50. The number of aliphatic hydroxyl groups excluding tert-OH is 1. The van der Waals surface area contributed by atoms with Crippen LogP contribution in [0.2, 0.25) is 0 Å². The molecular weight excluding hydrogens is 160 g/mol. The quantitative estimate of drug-likeness (QED) is 0.506. The minimum atomic E-state index is 0.285. The van der Waals surface area contributed by atoms with E-state index in [1.165, 1.54) is 0 Å². The summed E-state index contributed by atoms with van der Waals surface area (Å²) in [5.74, 6) is 12.1. The summed E-state index contributed by atoms with van der Waals surface area (Å²) in [4.78, 5) is 0. The Hall–Kier alpha value is -0.920. The molecule has 0 radical (unpaired) electrons. The maximum Gasteiger partial charge on any atom is 0.0431 e. The Morgan fingerprint density at radius 2 is 1.46 bits per heavy atom. The van der Waals surface area contributed by atoms with E-state index in [4.69, 9.17) is 5.11 Å². The first-order valence-electron chi connectivity index (χ1n) is 4.88. The molecule has 0 saturated carbocycles. The molecule has 0 heterocycles. The molecule has 0 amide bonds. The van der Waals surface area contributed by atoms with Gasteiger partial charge in [-0.15, -0.1) is 23.7 Å². The molecule has 1 N–H and O–H groups in total. The van der Waals surface area contributed by atoms with Crippen molar-refractivity contribution in [3.63, 3.8) is 0 Å². The van der Waals surface area contributed by atoms with Gasteiger partial charge in [-0.1, -0.05) is 0 Å². The van der Waals surface area contributed by atoms with Crippen LogP contribution >= 0.6 is 0 Å². The van der Waals surface area contributed by atoms with Crippen molar-refractivity contribution in [1.29, 1.82) is 0 Å². The van der Waals surface area contributed by atoms with E-state index in [0.29, 0.717) is 0 Å². The zero-order chi connectivity index (χ0) is 9.78. The van der Waals surface area contributed by atoms with Crippen molar-refractivity contribution in [2.75, 3.05) is 6.61 Å². The summed E-state index contributed by atoms with van der Waals surface area (Å²) >= 11 is 0. The molecular formula is C12H18O. The molecule has 0 aliphatic heterocycles. The summed E-state index contributed by atoms with van der Waals surface area (Å²) in [5.41, 5.74) is 0. The predicted octanol–water partition coefficient (Wildman–Crippen LogP) is 2.35. The maximum absolute atomic E-state index is 8.50. The van der Waals surface area contributed by atoms with E-state index in [1.54, 1.807) is 0 Å². The second kappa shape index (κ2) is 11.1. The third-order valence-corrected chi connectivity index (χ3v) is 1.62. The molecule has 0 saturated heterocycles. The fourth-order valence-electron chi connectivity index (χ4n) is 0.892. The Labute approximate surface area is 81.5 Å². The van der Waals surface area contributed by atoms with Gasteiger partial charge >= 0.3 is 0 Å². The van der Waals surface area contributed by atoms with Gasteiger partial charge in [-0.2, -0.15) is 0 Å². The average molecular weight is 178 g/mol. The second-order valence-corrected chi connectivity index (χ2v) is 2.81. The molecule has 0 bridgehead atoms. The normalized spacial score (nSPS) is 8.15. The monoisotopic (exact) mass is 178 g/mol. The summed E-state index contributed by atoms with van der Waals surface area (Å²) in [6.07, 6.45) is 5.79. The van der Waals surface area contributed by atoms with Gasteiger partial charge in [0.15, 0.2) is 0 Å². The van der Waals surface area contributed by atoms with E-state index in [-0.39, 0.29) is 6.61 Å². The van der Waals surface area contributed by atoms with Crippen LogP contribution in [0.25, 0.3) is 0 Å². The average Bonchev–Trinajstić information content (AvgIpc) is 2.16. The third-order valence-electron chi connectivity index (χ3n) is 1.62. The lowest BCUT2D eigenvalue weighted by Gasteiger charge is -1.88. The van der Waals surface area contributed by atoms with Crippen LogP contribution in [0.1, 0.15) is 45.4 Å². The molecule has 0 aliphatic rings. The van der Waals surface area contributed by atoms with Crippen molar-refractivity contribution in [2.24, 2.45) is 0 Å². The van der Waals surface area contributed by atoms with E-state index in [0.717, 1.165) is 38.5 Å². The minimum absolute atomic E-state index is 0.285. The molecule has 72 valence electrons. The molecule has 0 unspecified atom stereocenters. The summed E-state index contributed by atoms with van der Waals surface area (Å²) in [7, 11) is 0. The first-order chi connectivity index (χ1) is 6.41. The van der Waals surface area contributed by atoms with Gasteiger partial charge in [0.1, 0.15) is 0 Å². The van der Waals surface area contributed by atoms with Gasteiger partial charge in [-0.3, -0.25) is 0 Å². The van der Waals surface area contributed by atoms with Crippen LogP contribution < -0.4 is 0 Å². The van der Waals surface area contributed by atoms with Crippen LogP contribution in [-0.4, -0.2) is 11.7 Å². The van der Waals surface area contributed by atoms with E-state index in [2.05, 4.69) is 23.7 Å². The van der Waals surface area contributed by atoms with Crippen LogP contribution in [0.5, 0.6) is 0 Å². The first kappa shape index (κ1) is 12.1. The molecule has 0 aromatic rings. The fraction of sp³-hybridized carbons (Fsp3) is 0.667. The van der Waals surface area contributed by atoms with Gasteiger partial charge < -0.3 is 5.11 Å². The molecule has 0 fully saturated rings. The van der Waals surface area contributed by atoms with Crippen molar-refractivity contribution in [3.05, 3.63) is 0 Å². The van der Waals surface area contributed by atoms with Crippen molar-refractivity contribution in [3.8, 4) is 23.7 Å². The Kier molecular flexibility index (Phi) is 10.3. The highest BCUT2D eigenvalue weighted by atomic mass is 16.2. The molecule has 0 spiro atoms. The lowest BCUT2D eigenvalue weighted by atomic mass is 10.2.